The maximum atomic E-state index is 12.0. The van der Waals surface area contributed by atoms with Crippen molar-refractivity contribution in [2.24, 2.45) is 0 Å². The highest BCUT2D eigenvalue weighted by atomic mass is 32.1. The fraction of sp³-hybridized carbons (Fsp3) is 0.0667. The summed E-state index contributed by atoms with van der Waals surface area (Å²) >= 11 is 0.880. The molecule has 8 heteroatoms. The minimum absolute atomic E-state index is 0.0199. The molecule has 114 valence electrons. The summed E-state index contributed by atoms with van der Waals surface area (Å²) in [6.45, 7) is 0.252. The molecule has 0 atom stereocenters. The van der Waals surface area contributed by atoms with E-state index in [-0.39, 0.29) is 17.2 Å². The van der Waals surface area contributed by atoms with E-state index < -0.39 is 4.92 Å². The van der Waals surface area contributed by atoms with E-state index in [1.165, 1.54) is 16.7 Å². The summed E-state index contributed by atoms with van der Waals surface area (Å²) in [5.74, 6) is 1.15. The number of hydrogen-bond acceptors (Lipinski definition) is 6. The highest BCUT2D eigenvalue weighted by Gasteiger charge is 2.21. The molecule has 0 saturated carbocycles. The van der Waals surface area contributed by atoms with Crippen LogP contribution in [0.4, 0.5) is 5.69 Å². The summed E-state index contributed by atoms with van der Waals surface area (Å²) in [4.78, 5) is 22.3. The van der Waals surface area contributed by atoms with Crippen molar-refractivity contribution in [1.29, 1.82) is 0 Å². The predicted molar refractivity (Wildman–Crippen MR) is 84.1 cm³/mol. The lowest BCUT2D eigenvalue weighted by Crippen LogP contribution is -2.20. The molecule has 0 bridgehead atoms. The molecule has 2 aromatic carbocycles. The number of non-ortho nitro benzene ring substituents is 1. The smallest absolute Gasteiger partial charge is 0.331 e. The van der Waals surface area contributed by atoms with E-state index in [0.717, 1.165) is 17.1 Å². The Balaban J connectivity index is 1.88. The molecule has 7 nitrogen and oxygen atoms in total. The monoisotopic (exact) mass is 327 g/mol. The first kappa shape index (κ1) is 13.6. The zero-order valence-electron chi connectivity index (χ0n) is 11.6. The van der Waals surface area contributed by atoms with Crippen molar-refractivity contribution in [3.63, 3.8) is 0 Å². The second-order valence-corrected chi connectivity index (χ2v) is 5.69. The van der Waals surface area contributed by atoms with Crippen molar-refractivity contribution >= 4 is 17.2 Å². The van der Waals surface area contributed by atoms with E-state index in [0.29, 0.717) is 22.8 Å². The summed E-state index contributed by atoms with van der Waals surface area (Å²) in [6.07, 6.45) is 0. The van der Waals surface area contributed by atoms with E-state index in [4.69, 9.17) is 4.74 Å². The van der Waals surface area contributed by atoms with Crippen molar-refractivity contribution < 1.29 is 9.66 Å². The number of benzene rings is 2. The van der Waals surface area contributed by atoms with Crippen LogP contribution in [0.1, 0.15) is 5.82 Å². The number of nitro benzene ring substituents is 1. The van der Waals surface area contributed by atoms with E-state index >= 15 is 0 Å². The van der Waals surface area contributed by atoms with Crippen LogP contribution in [0, 0.1) is 10.1 Å². The first-order valence-corrected chi connectivity index (χ1v) is 7.50. The molecule has 3 aromatic rings. The summed E-state index contributed by atoms with van der Waals surface area (Å²) in [7, 11) is 0. The summed E-state index contributed by atoms with van der Waals surface area (Å²) in [6, 6.07) is 11.7. The van der Waals surface area contributed by atoms with Crippen LogP contribution in [0.25, 0.3) is 16.8 Å². The van der Waals surface area contributed by atoms with E-state index in [1.807, 2.05) is 6.07 Å². The normalized spacial score (nSPS) is 12.2. The Labute approximate surface area is 133 Å². The van der Waals surface area contributed by atoms with Crippen molar-refractivity contribution in [1.82, 2.24) is 8.94 Å². The van der Waals surface area contributed by atoms with Crippen LogP contribution in [0.3, 0.4) is 0 Å². The van der Waals surface area contributed by atoms with Crippen LogP contribution >= 0.6 is 11.5 Å². The van der Waals surface area contributed by atoms with Crippen molar-refractivity contribution in [2.75, 3.05) is 0 Å². The van der Waals surface area contributed by atoms with Gasteiger partial charge in [-0.05, 0) is 23.3 Å². The molecule has 0 amide bonds. The zero-order chi connectivity index (χ0) is 16.0. The van der Waals surface area contributed by atoms with Gasteiger partial charge >= 0.3 is 4.87 Å². The SMILES string of the molecule is O=c1snc2n1-c1cc(-c3cccc([N+](=O)[O-])c3)ccc1OC2. The minimum Gasteiger partial charge on any atom is -0.483 e. The van der Waals surface area contributed by atoms with Crippen LogP contribution in [0.5, 0.6) is 5.75 Å². The number of nitro groups is 1. The van der Waals surface area contributed by atoms with Gasteiger partial charge in [-0.15, -0.1) is 0 Å². The van der Waals surface area contributed by atoms with Gasteiger partial charge in [0.15, 0.2) is 5.82 Å². The van der Waals surface area contributed by atoms with Gasteiger partial charge in [-0.3, -0.25) is 14.9 Å². The Bertz CT molecular complexity index is 992. The molecule has 0 N–H and O–H groups in total. The molecule has 1 aliphatic heterocycles. The van der Waals surface area contributed by atoms with Gasteiger partial charge < -0.3 is 4.74 Å². The first-order valence-electron chi connectivity index (χ1n) is 6.73. The third kappa shape index (κ3) is 2.20. The number of rotatable bonds is 2. The summed E-state index contributed by atoms with van der Waals surface area (Å²) in [5, 5.41) is 10.9. The maximum absolute atomic E-state index is 12.0. The van der Waals surface area contributed by atoms with E-state index in [2.05, 4.69) is 4.37 Å². The number of nitrogens with zero attached hydrogens (tertiary/aromatic N) is 3. The molecule has 1 aliphatic rings. The fourth-order valence-electron chi connectivity index (χ4n) is 2.54. The molecule has 1 aromatic heterocycles. The molecule has 0 saturated heterocycles. The lowest BCUT2D eigenvalue weighted by Gasteiger charge is -2.19. The van der Waals surface area contributed by atoms with Crippen LogP contribution in [0.2, 0.25) is 0 Å². The Hall–Kier alpha value is -3.00. The molecule has 2 heterocycles. The Kier molecular flexibility index (Phi) is 2.98. The zero-order valence-corrected chi connectivity index (χ0v) is 12.4. The van der Waals surface area contributed by atoms with Crippen LogP contribution in [0.15, 0.2) is 47.3 Å². The molecular weight excluding hydrogens is 318 g/mol. The second kappa shape index (κ2) is 5.03. The van der Waals surface area contributed by atoms with Gasteiger partial charge in [-0.2, -0.15) is 4.37 Å². The summed E-state index contributed by atoms with van der Waals surface area (Å²) < 4.78 is 11.2. The lowest BCUT2D eigenvalue weighted by atomic mass is 10.0. The number of hydrogen-bond donors (Lipinski definition) is 0. The number of ether oxygens (including phenoxy) is 1. The standard InChI is InChI=1S/C15H9N3O4S/c19-15-17-12-7-10(9-2-1-3-11(6-9)18(20)21)4-5-13(12)22-8-14(17)16-23-15/h1-7H,8H2. The van der Waals surface area contributed by atoms with Crippen molar-refractivity contribution in [2.45, 2.75) is 6.61 Å². The van der Waals surface area contributed by atoms with Gasteiger partial charge in [-0.25, -0.2) is 4.57 Å². The largest absolute Gasteiger partial charge is 0.483 e. The van der Waals surface area contributed by atoms with E-state index in [1.54, 1.807) is 24.3 Å². The van der Waals surface area contributed by atoms with Gasteiger partial charge in [0, 0.05) is 23.7 Å². The number of fused-ring (bicyclic) bond motifs is 3. The quantitative estimate of drug-likeness (QED) is 0.533. The van der Waals surface area contributed by atoms with Crippen LogP contribution in [-0.2, 0) is 6.61 Å². The highest BCUT2D eigenvalue weighted by molar-refractivity contribution is 7.02. The second-order valence-electron chi connectivity index (χ2n) is 4.98. The molecule has 0 spiro atoms. The molecule has 0 radical (unpaired) electrons. The predicted octanol–water partition coefficient (Wildman–Crippen LogP) is 2.76. The number of aromatic nitrogens is 2. The molecule has 0 fully saturated rings. The topological polar surface area (TPSA) is 87.3 Å². The first-order chi connectivity index (χ1) is 11.1. The molecule has 4 rings (SSSR count). The van der Waals surface area contributed by atoms with Gasteiger partial charge in [0.2, 0.25) is 0 Å². The minimum atomic E-state index is -0.434. The summed E-state index contributed by atoms with van der Waals surface area (Å²) in [5.41, 5.74) is 2.09. The van der Waals surface area contributed by atoms with Gasteiger partial charge in [-0.1, -0.05) is 18.2 Å². The van der Waals surface area contributed by atoms with Gasteiger partial charge in [0.05, 0.1) is 10.6 Å². The molecule has 0 aliphatic carbocycles. The lowest BCUT2D eigenvalue weighted by molar-refractivity contribution is -0.384. The Morgan fingerprint density at radius 1 is 1.22 bits per heavy atom. The molecule has 0 unspecified atom stereocenters. The van der Waals surface area contributed by atoms with Crippen LogP contribution in [-0.4, -0.2) is 13.9 Å². The third-order valence-electron chi connectivity index (χ3n) is 3.62. The van der Waals surface area contributed by atoms with Crippen molar-refractivity contribution in [3.05, 3.63) is 68.1 Å². The van der Waals surface area contributed by atoms with Crippen LogP contribution < -0.4 is 9.61 Å². The van der Waals surface area contributed by atoms with Gasteiger partial charge in [0.25, 0.3) is 5.69 Å². The average molecular weight is 327 g/mol. The molecule has 23 heavy (non-hydrogen) atoms. The fourth-order valence-corrected chi connectivity index (χ4v) is 3.15. The van der Waals surface area contributed by atoms with Crippen molar-refractivity contribution in [3.8, 4) is 22.6 Å². The third-order valence-corrected chi connectivity index (χ3v) is 4.26. The Morgan fingerprint density at radius 2 is 2.04 bits per heavy atom. The average Bonchev–Trinajstić information content (AvgIpc) is 2.96. The molecular formula is C15H9N3O4S. The van der Waals surface area contributed by atoms with Gasteiger partial charge in [0.1, 0.15) is 12.4 Å². The highest BCUT2D eigenvalue weighted by Crippen LogP contribution is 2.33. The Morgan fingerprint density at radius 3 is 2.87 bits per heavy atom. The van der Waals surface area contributed by atoms with E-state index in [9.17, 15) is 14.9 Å². The maximum Gasteiger partial charge on any atom is 0.331 e.